The molecule has 2 rings (SSSR count). The minimum Gasteiger partial charge on any atom is -0.355 e. The van der Waals surface area contributed by atoms with Gasteiger partial charge in [0.25, 0.3) is 0 Å². The molecule has 1 heterocycles. The van der Waals surface area contributed by atoms with Gasteiger partial charge in [0.15, 0.2) is 0 Å². The Bertz CT molecular complexity index is 632. The number of benzene rings is 1. The van der Waals surface area contributed by atoms with Gasteiger partial charge in [-0.2, -0.15) is 5.26 Å². The zero-order valence-electron chi connectivity index (χ0n) is 10.9. The van der Waals surface area contributed by atoms with Crippen molar-refractivity contribution in [3.63, 3.8) is 0 Å². The minimum atomic E-state index is 0.642. The molecule has 0 radical (unpaired) electrons. The van der Waals surface area contributed by atoms with Gasteiger partial charge < -0.3 is 4.90 Å². The molecule has 0 bridgehead atoms. The molecule has 0 saturated carbocycles. The lowest BCUT2D eigenvalue weighted by Crippen LogP contribution is -2.18. The molecule has 2 aromatic rings. The Morgan fingerprint density at radius 2 is 2.11 bits per heavy atom. The molecule has 0 aliphatic rings. The predicted octanol–water partition coefficient (Wildman–Crippen LogP) is 3.66. The molecule has 0 aliphatic heterocycles. The summed E-state index contributed by atoms with van der Waals surface area (Å²) in [4.78, 5) is 6.50. The molecule has 0 unspecified atom stereocenters. The fraction of sp³-hybridized carbons (Fsp3) is 0.200. The van der Waals surface area contributed by atoms with Crippen molar-refractivity contribution in [3.05, 3.63) is 57.7 Å². The number of rotatable bonds is 3. The number of hydrogen-bond acceptors (Lipinski definition) is 3. The summed E-state index contributed by atoms with van der Waals surface area (Å²) >= 11 is 3.47. The fourth-order valence-corrected chi connectivity index (χ4v) is 2.35. The van der Waals surface area contributed by atoms with Crippen LogP contribution in [-0.4, -0.2) is 12.0 Å². The van der Waals surface area contributed by atoms with Crippen molar-refractivity contribution in [2.24, 2.45) is 0 Å². The zero-order chi connectivity index (χ0) is 13.8. The smallest absolute Gasteiger partial charge is 0.130 e. The van der Waals surface area contributed by atoms with Crippen LogP contribution in [0.25, 0.3) is 0 Å². The van der Waals surface area contributed by atoms with Crippen molar-refractivity contribution in [1.82, 2.24) is 4.98 Å². The first kappa shape index (κ1) is 13.6. The molecule has 0 atom stereocenters. The van der Waals surface area contributed by atoms with Crippen molar-refractivity contribution < 1.29 is 0 Å². The average Bonchev–Trinajstić information content (AvgIpc) is 2.38. The van der Waals surface area contributed by atoms with E-state index in [0.29, 0.717) is 5.56 Å². The Balaban J connectivity index is 2.23. The van der Waals surface area contributed by atoms with Gasteiger partial charge in [0.2, 0.25) is 0 Å². The van der Waals surface area contributed by atoms with Crippen LogP contribution in [0.5, 0.6) is 0 Å². The summed E-state index contributed by atoms with van der Waals surface area (Å²) in [5.74, 6) is 0.816. The average molecular weight is 316 g/mol. The van der Waals surface area contributed by atoms with Crippen LogP contribution in [0.4, 0.5) is 5.82 Å². The number of halogens is 1. The first-order valence-electron chi connectivity index (χ1n) is 5.93. The number of aryl methyl sites for hydroxylation is 1. The summed E-state index contributed by atoms with van der Waals surface area (Å²) in [5.41, 5.74) is 2.69. The van der Waals surface area contributed by atoms with Gasteiger partial charge in [-0.1, -0.05) is 28.1 Å². The summed E-state index contributed by atoms with van der Waals surface area (Å²) in [6, 6.07) is 13.9. The maximum absolute atomic E-state index is 8.99. The Morgan fingerprint density at radius 3 is 2.79 bits per heavy atom. The van der Waals surface area contributed by atoms with Gasteiger partial charge in [-0.25, -0.2) is 4.98 Å². The molecule has 19 heavy (non-hydrogen) atoms. The predicted molar refractivity (Wildman–Crippen MR) is 79.9 cm³/mol. The first-order chi connectivity index (χ1) is 9.08. The van der Waals surface area contributed by atoms with Gasteiger partial charge >= 0.3 is 0 Å². The highest BCUT2D eigenvalue weighted by molar-refractivity contribution is 9.10. The quantitative estimate of drug-likeness (QED) is 0.867. The summed E-state index contributed by atoms with van der Waals surface area (Å²) in [7, 11) is 1.98. The van der Waals surface area contributed by atoms with E-state index in [0.717, 1.165) is 22.5 Å². The highest BCUT2D eigenvalue weighted by Gasteiger charge is 2.06. The van der Waals surface area contributed by atoms with Gasteiger partial charge in [-0.05, 0) is 36.8 Å². The monoisotopic (exact) mass is 315 g/mol. The Hall–Kier alpha value is -1.86. The van der Waals surface area contributed by atoms with Crippen LogP contribution in [0.2, 0.25) is 0 Å². The van der Waals surface area contributed by atoms with E-state index in [1.165, 1.54) is 5.56 Å². The lowest BCUT2D eigenvalue weighted by molar-refractivity contribution is 0.891. The van der Waals surface area contributed by atoms with Crippen molar-refractivity contribution in [2.45, 2.75) is 13.5 Å². The van der Waals surface area contributed by atoms with Gasteiger partial charge in [0, 0.05) is 23.8 Å². The topological polar surface area (TPSA) is 39.9 Å². The second-order valence-electron chi connectivity index (χ2n) is 4.45. The fourth-order valence-electron chi connectivity index (χ4n) is 1.90. The molecular weight excluding hydrogens is 302 g/mol. The lowest BCUT2D eigenvalue weighted by Gasteiger charge is -2.19. The van der Waals surface area contributed by atoms with E-state index in [1.807, 2.05) is 37.1 Å². The normalized spacial score (nSPS) is 10.0. The summed E-state index contributed by atoms with van der Waals surface area (Å²) < 4.78 is 1.06. The zero-order valence-corrected chi connectivity index (χ0v) is 12.5. The van der Waals surface area contributed by atoms with Crippen LogP contribution >= 0.6 is 15.9 Å². The van der Waals surface area contributed by atoms with Crippen LogP contribution in [0.1, 0.15) is 16.8 Å². The van der Waals surface area contributed by atoms with Gasteiger partial charge in [-0.15, -0.1) is 0 Å². The van der Waals surface area contributed by atoms with Crippen LogP contribution in [0, 0.1) is 18.3 Å². The van der Waals surface area contributed by atoms with E-state index < -0.39 is 0 Å². The third kappa shape index (κ3) is 3.55. The highest BCUT2D eigenvalue weighted by Crippen LogP contribution is 2.18. The van der Waals surface area contributed by atoms with Crippen LogP contribution < -0.4 is 4.90 Å². The summed E-state index contributed by atoms with van der Waals surface area (Å²) in [6.07, 6.45) is 0. The first-order valence-corrected chi connectivity index (χ1v) is 6.72. The van der Waals surface area contributed by atoms with E-state index >= 15 is 0 Å². The van der Waals surface area contributed by atoms with E-state index in [1.54, 1.807) is 6.07 Å². The Morgan fingerprint density at radius 1 is 1.32 bits per heavy atom. The molecule has 3 nitrogen and oxygen atoms in total. The number of nitriles is 1. The van der Waals surface area contributed by atoms with Crippen molar-refractivity contribution in [1.29, 1.82) is 5.26 Å². The van der Waals surface area contributed by atoms with Gasteiger partial charge in [0.1, 0.15) is 5.82 Å². The molecule has 0 spiro atoms. The third-order valence-electron chi connectivity index (χ3n) is 2.77. The Labute approximate surface area is 121 Å². The molecular formula is C15H14BrN3. The molecule has 1 aromatic heterocycles. The maximum atomic E-state index is 8.99. The van der Waals surface area contributed by atoms with Crippen LogP contribution in [0.3, 0.4) is 0 Å². The summed E-state index contributed by atoms with van der Waals surface area (Å²) in [6.45, 7) is 2.65. The van der Waals surface area contributed by atoms with Crippen LogP contribution in [-0.2, 0) is 6.54 Å². The molecule has 96 valence electrons. The second-order valence-corrected chi connectivity index (χ2v) is 5.37. The number of hydrogen-bond donors (Lipinski definition) is 0. The maximum Gasteiger partial charge on any atom is 0.130 e. The third-order valence-corrected chi connectivity index (χ3v) is 3.26. The number of pyridine rings is 1. The summed E-state index contributed by atoms with van der Waals surface area (Å²) in [5, 5.41) is 8.99. The highest BCUT2D eigenvalue weighted by atomic mass is 79.9. The second kappa shape index (κ2) is 5.85. The van der Waals surface area contributed by atoms with Crippen LogP contribution in [0.15, 0.2) is 40.9 Å². The minimum absolute atomic E-state index is 0.642. The van der Waals surface area contributed by atoms with Gasteiger partial charge in [-0.3, -0.25) is 0 Å². The van der Waals surface area contributed by atoms with E-state index in [9.17, 15) is 0 Å². The van der Waals surface area contributed by atoms with Crippen molar-refractivity contribution >= 4 is 21.7 Å². The molecule has 4 heteroatoms. The number of aromatic nitrogens is 1. The molecule has 0 fully saturated rings. The molecule has 1 aromatic carbocycles. The molecule has 0 saturated heterocycles. The van der Waals surface area contributed by atoms with E-state index in [-0.39, 0.29) is 0 Å². The molecule has 0 N–H and O–H groups in total. The molecule has 0 amide bonds. The van der Waals surface area contributed by atoms with Crippen molar-refractivity contribution in [2.75, 3.05) is 11.9 Å². The Kier molecular flexibility index (Phi) is 4.18. The van der Waals surface area contributed by atoms with E-state index in [2.05, 4.69) is 39.1 Å². The number of nitrogens with zero attached hydrogens (tertiary/aromatic N) is 3. The number of anilines is 1. The van der Waals surface area contributed by atoms with Crippen molar-refractivity contribution in [3.8, 4) is 6.07 Å². The lowest BCUT2D eigenvalue weighted by atomic mass is 10.2. The SMILES string of the molecule is Cc1cc(C#N)cc(N(C)Cc2cccc(Br)c2)n1. The standard InChI is InChI=1S/C15H14BrN3/c1-11-6-13(9-17)8-15(18-11)19(2)10-12-4-3-5-14(16)7-12/h3-8H,10H2,1-2H3. The largest absolute Gasteiger partial charge is 0.355 e. The van der Waals surface area contributed by atoms with E-state index in [4.69, 9.17) is 5.26 Å². The molecule has 0 aliphatic carbocycles. The van der Waals surface area contributed by atoms with Gasteiger partial charge in [0.05, 0.1) is 11.6 Å².